The third-order valence-corrected chi connectivity index (χ3v) is 3.45. The van der Waals surface area contributed by atoms with Gasteiger partial charge in [-0.2, -0.15) is 0 Å². The summed E-state index contributed by atoms with van der Waals surface area (Å²) < 4.78 is 5.59. The van der Waals surface area contributed by atoms with Crippen molar-refractivity contribution in [1.82, 2.24) is 4.90 Å². The molecule has 1 saturated heterocycles. The van der Waals surface area contributed by atoms with Gasteiger partial charge in [-0.25, -0.2) is 0 Å². The minimum absolute atomic E-state index is 0.185. The normalized spacial score (nSPS) is 19.7. The maximum Gasteiger partial charge on any atom is 0.224 e. The van der Waals surface area contributed by atoms with Gasteiger partial charge in [0.25, 0.3) is 0 Å². The van der Waals surface area contributed by atoms with Gasteiger partial charge in [-0.1, -0.05) is 28.1 Å². The Hall–Kier alpha value is -1.03. The maximum atomic E-state index is 11.7. The standard InChI is InChI=1S/C14H18BrNO2/c1-10(2)18-13-5-3-11(4-6-13)8-16-9-12(15)7-14(16)17/h3-6,10,12H,7-9H2,1-2H3. The number of carbonyl (C=O) groups is 1. The molecule has 18 heavy (non-hydrogen) atoms. The van der Waals surface area contributed by atoms with Gasteiger partial charge in [-0.15, -0.1) is 0 Å². The van der Waals surface area contributed by atoms with Crippen LogP contribution in [-0.4, -0.2) is 28.3 Å². The van der Waals surface area contributed by atoms with Gasteiger partial charge in [0.2, 0.25) is 5.91 Å². The number of likely N-dealkylation sites (tertiary alicyclic amines) is 1. The number of nitrogens with zero attached hydrogens (tertiary/aromatic N) is 1. The molecular weight excluding hydrogens is 294 g/mol. The molecule has 0 bridgehead atoms. The molecule has 0 radical (unpaired) electrons. The van der Waals surface area contributed by atoms with Crippen LogP contribution in [0.1, 0.15) is 25.8 Å². The summed E-state index contributed by atoms with van der Waals surface area (Å²) in [7, 11) is 0. The Kier molecular flexibility index (Phi) is 4.27. The second kappa shape index (κ2) is 5.74. The molecule has 1 aromatic rings. The van der Waals surface area contributed by atoms with Crippen molar-refractivity contribution in [3.8, 4) is 5.75 Å². The van der Waals surface area contributed by atoms with Crippen LogP contribution < -0.4 is 4.74 Å². The van der Waals surface area contributed by atoms with Crippen LogP contribution in [-0.2, 0) is 11.3 Å². The largest absolute Gasteiger partial charge is 0.491 e. The van der Waals surface area contributed by atoms with Gasteiger partial charge >= 0.3 is 0 Å². The number of benzene rings is 1. The Morgan fingerprint density at radius 1 is 1.39 bits per heavy atom. The summed E-state index contributed by atoms with van der Waals surface area (Å²) in [6, 6.07) is 7.96. The Labute approximate surface area is 116 Å². The molecule has 0 spiro atoms. The van der Waals surface area contributed by atoms with E-state index in [1.54, 1.807) is 0 Å². The second-order valence-corrected chi connectivity index (χ2v) is 6.18. The third kappa shape index (κ3) is 3.48. The van der Waals surface area contributed by atoms with E-state index in [0.717, 1.165) is 17.9 Å². The number of halogens is 1. The number of carbonyl (C=O) groups excluding carboxylic acids is 1. The second-order valence-electron chi connectivity index (χ2n) is 4.89. The van der Waals surface area contributed by atoms with Gasteiger partial charge in [0, 0.05) is 24.3 Å². The molecule has 1 amide bonds. The highest BCUT2D eigenvalue weighted by atomic mass is 79.9. The van der Waals surface area contributed by atoms with Crippen molar-refractivity contribution in [2.45, 2.75) is 37.7 Å². The summed E-state index contributed by atoms with van der Waals surface area (Å²) in [5, 5.41) is 0. The van der Waals surface area contributed by atoms with E-state index in [1.165, 1.54) is 0 Å². The minimum atomic E-state index is 0.185. The van der Waals surface area contributed by atoms with Crippen LogP contribution in [0.3, 0.4) is 0 Å². The molecule has 0 saturated carbocycles. The van der Waals surface area contributed by atoms with E-state index >= 15 is 0 Å². The summed E-state index contributed by atoms with van der Waals surface area (Å²) in [5.41, 5.74) is 1.14. The molecule has 0 aromatic heterocycles. The number of hydrogen-bond acceptors (Lipinski definition) is 2. The van der Waals surface area contributed by atoms with Crippen LogP contribution in [0, 0.1) is 0 Å². The average molecular weight is 312 g/mol. The van der Waals surface area contributed by atoms with Gasteiger partial charge in [-0.3, -0.25) is 4.79 Å². The van der Waals surface area contributed by atoms with E-state index in [1.807, 2.05) is 43.0 Å². The number of ether oxygens (including phenoxy) is 1. The molecule has 4 heteroatoms. The zero-order valence-electron chi connectivity index (χ0n) is 10.7. The predicted octanol–water partition coefficient (Wildman–Crippen LogP) is 2.97. The van der Waals surface area contributed by atoms with Crippen molar-refractivity contribution in [2.24, 2.45) is 0 Å². The molecule has 1 fully saturated rings. The van der Waals surface area contributed by atoms with Crippen LogP contribution in [0.4, 0.5) is 0 Å². The molecule has 2 rings (SSSR count). The van der Waals surface area contributed by atoms with Crippen LogP contribution in [0.2, 0.25) is 0 Å². The van der Waals surface area contributed by atoms with E-state index < -0.39 is 0 Å². The quantitative estimate of drug-likeness (QED) is 0.800. The Morgan fingerprint density at radius 2 is 2.06 bits per heavy atom. The molecule has 98 valence electrons. The minimum Gasteiger partial charge on any atom is -0.491 e. The van der Waals surface area contributed by atoms with E-state index in [2.05, 4.69) is 15.9 Å². The van der Waals surface area contributed by atoms with E-state index in [4.69, 9.17) is 4.74 Å². The summed E-state index contributed by atoms with van der Waals surface area (Å²) in [6.07, 6.45) is 0.791. The van der Waals surface area contributed by atoms with Crippen LogP contribution >= 0.6 is 15.9 Å². The van der Waals surface area contributed by atoms with Crippen LogP contribution in [0.15, 0.2) is 24.3 Å². The van der Waals surface area contributed by atoms with Crippen molar-refractivity contribution in [2.75, 3.05) is 6.54 Å². The maximum absolute atomic E-state index is 11.7. The fourth-order valence-electron chi connectivity index (χ4n) is 2.04. The molecule has 1 heterocycles. The SMILES string of the molecule is CC(C)Oc1ccc(CN2CC(Br)CC2=O)cc1. The first kappa shape index (κ1) is 13.4. The molecule has 0 N–H and O–H groups in total. The molecule has 1 unspecified atom stereocenters. The molecular formula is C14H18BrNO2. The van der Waals surface area contributed by atoms with E-state index in [9.17, 15) is 4.79 Å². The lowest BCUT2D eigenvalue weighted by atomic mass is 10.2. The van der Waals surface area contributed by atoms with Crippen molar-refractivity contribution in [3.63, 3.8) is 0 Å². The van der Waals surface area contributed by atoms with Gasteiger partial charge in [0.1, 0.15) is 5.75 Å². The topological polar surface area (TPSA) is 29.5 Å². The number of alkyl halides is 1. The van der Waals surface area contributed by atoms with Crippen LogP contribution in [0.25, 0.3) is 0 Å². The number of hydrogen-bond donors (Lipinski definition) is 0. The highest BCUT2D eigenvalue weighted by molar-refractivity contribution is 9.09. The molecule has 0 aliphatic carbocycles. The smallest absolute Gasteiger partial charge is 0.224 e. The van der Waals surface area contributed by atoms with Crippen molar-refractivity contribution >= 4 is 21.8 Å². The average Bonchev–Trinajstić information content (AvgIpc) is 2.59. The van der Waals surface area contributed by atoms with Gasteiger partial charge in [0.15, 0.2) is 0 Å². The molecule has 1 aliphatic rings. The summed E-state index contributed by atoms with van der Waals surface area (Å²) >= 11 is 3.49. The fourth-order valence-corrected chi connectivity index (χ4v) is 2.67. The number of amides is 1. The Bertz CT molecular complexity index is 416. The first-order valence-corrected chi connectivity index (χ1v) is 7.13. The van der Waals surface area contributed by atoms with E-state index in [-0.39, 0.29) is 12.0 Å². The Balaban J connectivity index is 1.96. The number of rotatable bonds is 4. The lowest BCUT2D eigenvalue weighted by molar-refractivity contribution is -0.128. The highest BCUT2D eigenvalue weighted by Crippen LogP contribution is 2.21. The summed E-state index contributed by atoms with van der Waals surface area (Å²) in [6.45, 7) is 5.49. The van der Waals surface area contributed by atoms with Crippen molar-refractivity contribution < 1.29 is 9.53 Å². The zero-order valence-corrected chi connectivity index (χ0v) is 12.3. The lowest BCUT2D eigenvalue weighted by Gasteiger charge is -2.16. The first-order chi connectivity index (χ1) is 8.54. The highest BCUT2D eigenvalue weighted by Gasteiger charge is 2.27. The summed E-state index contributed by atoms with van der Waals surface area (Å²) in [4.78, 5) is 13.9. The van der Waals surface area contributed by atoms with Crippen LogP contribution in [0.5, 0.6) is 5.75 Å². The fraction of sp³-hybridized carbons (Fsp3) is 0.500. The van der Waals surface area contributed by atoms with Crippen molar-refractivity contribution in [1.29, 1.82) is 0 Å². The molecule has 1 aromatic carbocycles. The van der Waals surface area contributed by atoms with Gasteiger partial charge in [-0.05, 0) is 31.5 Å². The van der Waals surface area contributed by atoms with E-state index in [0.29, 0.717) is 17.8 Å². The van der Waals surface area contributed by atoms with Gasteiger partial charge in [0.05, 0.1) is 6.10 Å². The predicted molar refractivity (Wildman–Crippen MR) is 75.0 cm³/mol. The lowest BCUT2D eigenvalue weighted by Crippen LogP contribution is -2.24. The zero-order chi connectivity index (χ0) is 13.1. The monoisotopic (exact) mass is 311 g/mol. The molecule has 3 nitrogen and oxygen atoms in total. The Morgan fingerprint density at radius 3 is 2.56 bits per heavy atom. The molecule has 1 atom stereocenters. The molecule has 1 aliphatic heterocycles. The third-order valence-electron chi connectivity index (χ3n) is 2.84. The van der Waals surface area contributed by atoms with Gasteiger partial charge < -0.3 is 9.64 Å². The van der Waals surface area contributed by atoms with Crippen molar-refractivity contribution in [3.05, 3.63) is 29.8 Å². The summed E-state index contributed by atoms with van der Waals surface area (Å²) in [5.74, 6) is 1.10. The first-order valence-electron chi connectivity index (χ1n) is 6.22.